The predicted molar refractivity (Wildman–Crippen MR) is 104 cm³/mol. The van der Waals surface area contributed by atoms with Gasteiger partial charge in [-0.3, -0.25) is 0 Å². The van der Waals surface area contributed by atoms with Crippen molar-refractivity contribution in [2.45, 2.75) is 13.5 Å². The highest BCUT2D eigenvalue weighted by Crippen LogP contribution is 2.26. The smallest absolute Gasteiger partial charge is 0.200 e. The molecular weight excluding hydrogens is 365 g/mol. The SMILES string of the molecule is CCOCc1ccc(-c2ccc(/C=C/c3ccc(O)c(F)c3F)cc2)c(F)c1. The molecule has 0 heterocycles. The van der Waals surface area contributed by atoms with Gasteiger partial charge in [0.2, 0.25) is 5.82 Å². The minimum absolute atomic E-state index is 0.0234. The highest BCUT2D eigenvalue weighted by molar-refractivity contribution is 5.72. The molecule has 0 spiro atoms. The van der Waals surface area contributed by atoms with Crippen LogP contribution in [-0.4, -0.2) is 11.7 Å². The van der Waals surface area contributed by atoms with Gasteiger partial charge in [-0.2, -0.15) is 4.39 Å². The van der Waals surface area contributed by atoms with E-state index in [2.05, 4.69) is 0 Å². The quantitative estimate of drug-likeness (QED) is 0.514. The van der Waals surface area contributed by atoms with Crippen LogP contribution in [0.15, 0.2) is 54.6 Å². The number of aromatic hydroxyl groups is 1. The van der Waals surface area contributed by atoms with Gasteiger partial charge in [0.1, 0.15) is 5.82 Å². The summed E-state index contributed by atoms with van der Waals surface area (Å²) in [5.74, 6) is -3.45. The van der Waals surface area contributed by atoms with Gasteiger partial charge in [-0.25, -0.2) is 8.78 Å². The lowest BCUT2D eigenvalue weighted by atomic mass is 10.0. The Morgan fingerprint density at radius 1 is 0.893 bits per heavy atom. The molecule has 2 nitrogen and oxygen atoms in total. The molecule has 3 aromatic rings. The molecule has 0 atom stereocenters. The Bertz CT molecular complexity index is 995. The summed E-state index contributed by atoms with van der Waals surface area (Å²) in [5, 5.41) is 9.15. The van der Waals surface area contributed by atoms with E-state index in [1.807, 2.05) is 13.0 Å². The number of hydrogen-bond acceptors (Lipinski definition) is 2. The van der Waals surface area contributed by atoms with E-state index in [9.17, 15) is 13.2 Å². The average molecular weight is 384 g/mol. The molecule has 0 aliphatic heterocycles. The second kappa shape index (κ2) is 8.76. The van der Waals surface area contributed by atoms with E-state index in [-0.39, 0.29) is 11.4 Å². The van der Waals surface area contributed by atoms with Crippen LogP contribution in [-0.2, 0) is 11.3 Å². The van der Waals surface area contributed by atoms with Crippen LogP contribution in [0.2, 0.25) is 0 Å². The molecule has 0 bridgehead atoms. The van der Waals surface area contributed by atoms with Gasteiger partial charge < -0.3 is 9.84 Å². The molecule has 0 aromatic heterocycles. The van der Waals surface area contributed by atoms with E-state index in [0.29, 0.717) is 24.3 Å². The number of benzene rings is 3. The van der Waals surface area contributed by atoms with Crippen molar-refractivity contribution in [3.05, 3.63) is 88.7 Å². The molecule has 0 unspecified atom stereocenters. The van der Waals surface area contributed by atoms with E-state index < -0.39 is 17.4 Å². The van der Waals surface area contributed by atoms with Crippen LogP contribution in [0.1, 0.15) is 23.6 Å². The third kappa shape index (κ3) is 4.43. The fourth-order valence-corrected chi connectivity index (χ4v) is 2.75. The van der Waals surface area contributed by atoms with E-state index >= 15 is 0 Å². The number of phenolic OH excluding ortho intramolecular Hbond substituents is 1. The van der Waals surface area contributed by atoms with Crippen LogP contribution in [0.4, 0.5) is 13.2 Å². The zero-order valence-electron chi connectivity index (χ0n) is 15.3. The Morgan fingerprint density at radius 2 is 1.64 bits per heavy atom. The molecule has 5 heteroatoms. The van der Waals surface area contributed by atoms with Crippen molar-refractivity contribution in [3.8, 4) is 16.9 Å². The Kier molecular flexibility index (Phi) is 6.16. The van der Waals surface area contributed by atoms with Gasteiger partial charge in [0.25, 0.3) is 0 Å². The molecule has 0 amide bonds. The number of ether oxygens (including phenoxy) is 1. The molecule has 0 aliphatic carbocycles. The minimum atomic E-state index is -1.28. The zero-order valence-corrected chi connectivity index (χ0v) is 15.3. The zero-order chi connectivity index (χ0) is 20.1. The lowest BCUT2D eigenvalue weighted by molar-refractivity contribution is 0.134. The normalized spacial score (nSPS) is 11.3. The average Bonchev–Trinajstić information content (AvgIpc) is 2.70. The van der Waals surface area contributed by atoms with Crippen LogP contribution in [0.3, 0.4) is 0 Å². The van der Waals surface area contributed by atoms with Crippen molar-refractivity contribution >= 4 is 12.2 Å². The second-order valence-electron chi connectivity index (χ2n) is 6.21. The van der Waals surface area contributed by atoms with Gasteiger partial charge in [0.15, 0.2) is 11.6 Å². The molecule has 3 rings (SSSR count). The summed E-state index contributed by atoms with van der Waals surface area (Å²) in [7, 11) is 0. The van der Waals surface area contributed by atoms with Gasteiger partial charge in [-0.05, 0) is 41.8 Å². The number of hydrogen-bond donors (Lipinski definition) is 1. The summed E-state index contributed by atoms with van der Waals surface area (Å²) in [6.45, 7) is 2.82. The fraction of sp³-hybridized carbons (Fsp3) is 0.130. The summed E-state index contributed by atoms with van der Waals surface area (Å²) in [6, 6.07) is 14.4. The second-order valence-corrected chi connectivity index (χ2v) is 6.21. The minimum Gasteiger partial charge on any atom is -0.505 e. The van der Waals surface area contributed by atoms with Gasteiger partial charge >= 0.3 is 0 Å². The molecule has 0 saturated carbocycles. The van der Waals surface area contributed by atoms with Crippen LogP contribution in [0.25, 0.3) is 23.3 Å². The first-order valence-electron chi connectivity index (χ1n) is 8.81. The summed E-state index contributed by atoms with van der Waals surface area (Å²) in [4.78, 5) is 0. The highest BCUT2D eigenvalue weighted by Gasteiger charge is 2.10. The first kappa shape index (κ1) is 19.7. The van der Waals surface area contributed by atoms with Crippen molar-refractivity contribution < 1.29 is 23.0 Å². The molecule has 0 aliphatic rings. The van der Waals surface area contributed by atoms with E-state index in [1.165, 1.54) is 18.2 Å². The summed E-state index contributed by atoms with van der Waals surface area (Å²) in [5.41, 5.74) is 2.72. The predicted octanol–water partition coefficient (Wildman–Crippen LogP) is 6.18. The molecule has 0 fully saturated rings. The van der Waals surface area contributed by atoms with Crippen LogP contribution < -0.4 is 0 Å². The van der Waals surface area contributed by atoms with Gasteiger partial charge in [0.05, 0.1) is 6.61 Å². The monoisotopic (exact) mass is 384 g/mol. The van der Waals surface area contributed by atoms with Crippen molar-refractivity contribution in [1.82, 2.24) is 0 Å². The first-order chi connectivity index (χ1) is 13.5. The number of halogens is 3. The van der Waals surface area contributed by atoms with Crippen molar-refractivity contribution in [2.75, 3.05) is 6.61 Å². The van der Waals surface area contributed by atoms with Crippen molar-refractivity contribution in [2.24, 2.45) is 0 Å². The van der Waals surface area contributed by atoms with Gasteiger partial charge in [-0.15, -0.1) is 0 Å². The molecular formula is C23H19F3O2. The maximum absolute atomic E-state index is 14.4. The summed E-state index contributed by atoms with van der Waals surface area (Å²) < 4.78 is 46.8. The summed E-state index contributed by atoms with van der Waals surface area (Å²) >= 11 is 0. The molecule has 0 radical (unpaired) electrons. The number of phenols is 1. The molecule has 144 valence electrons. The van der Waals surface area contributed by atoms with Gasteiger partial charge in [0, 0.05) is 17.7 Å². The summed E-state index contributed by atoms with van der Waals surface area (Å²) in [6.07, 6.45) is 3.02. The van der Waals surface area contributed by atoms with Crippen LogP contribution >= 0.6 is 0 Å². The largest absolute Gasteiger partial charge is 0.505 e. The topological polar surface area (TPSA) is 29.5 Å². The third-order valence-electron chi connectivity index (χ3n) is 4.28. The Labute approximate surface area is 161 Å². The standard InChI is InChI=1S/C23H19F3O2/c1-2-28-14-16-6-11-19(20(24)13-16)17-7-3-15(4-8-17)5-9-18-10-12-21(27)23(26)22(18)25/h3-13,27H,2,14H2,1H3/b9-5+. The maximum atomic E-state index is 14.4. The van der Waals surface area contributed by atoms with E-state index in [1.54, 1.807) is 36.4 Å². The van der Waals surface area contributed by atoms with Crippen LogP contribution in [0.5, 0.6) is 5.75 Å². The lowest BCUT2D eigenvalue weighted by Crippen LogP contribution is -1.94. The Balaban J connectivity index is 1.78. The van der Waals surface area contributed by atoms with E-state index in [4.69, 9.17) is 9.84 Å². The highest BCUT2D eigenvalue weighted by atomic mass is 19.2. The first-order valence-corrected chi connectivity index (χ1v) is 8.81. The van der Waals surface area contributed by atoms with Gasteiger partial charge in [-0.1, -0.05) is 48.6 Å². The number of rotatable bonds is 6. The maximum Gasteiger partial charge on any atom is 0.200 e. The molecule has 1 N–H and O–H groups in total. The lowest BCUT2D eigenvalue weighted by Gasteiger charge is -2.07. The Hall–Kier alpha value is -3.05. The molecule has 28 heavy (non-hydrogen) atoms. The fourth-order valence-electron chi connectivity index (χ4n) is 2.75. The van der Waals surface area contributed by atoms with Crippen molar-refractivity contribution in [3.63, 3.8) is 0 Å². The Morgan fingerprint density at radius 3 is 2.32 bits per heavy atom. The van der Waals surface area contributed by atoms with Crippen LogP contribution in [0, 0.1) is 17.5 Å². The third-order valence-corrected chi connectivity index (χ3v) is 4.28. The molecule has 3 aromatic carbocycles. The van der Waals surface area contributed by atoms with Crippen molar-refractivity contribution in [1.29, 1.82) is 0 Å². The van der Waals surface area contributed by atoms with E-state index in [0.717, 1.165) is 17.2 Å². The molecule has 0 saturated heterocycles.